The zero-order valence-corrected chi connectivity index (χ0v) is 9.01. The van der Waals surface area contributed by atoms with Gasteiger partial charge >= 0.3 is 5.97 Å². The van der Waals surface area contributed by atoms with Crippen LogP contribution in [0.2, 0.25) is 0 Å². The highest BCUT2D eigenvalue weighted by atomic mass is 16.4. The Morgan fingerprint density at radius 1 is 1.56 bits per heavy atom. The second-order valence-corrected chi connectivity index (χ2v) is 3.70. The fraction of sp³-hybridized carbons (Fsp3) is 0.300. The summed E-state index contributed by atoms with van der Waals surface area (Å²) < 4.78 is 1.54. The molecule has 2 aromatic heterocycles. The van der Waals surface area contributed by atoms with Crippen LogP contribution in [0.4, 0.5) is 0 Å². The largest absolute Gasteiger partial charge is 0.480 e. The molecule has 1 atom stereocenters. The van der Waals surface area contributed by atoms with Crippen molar-refractivity contribution in [3.8, 4) is 0 Å². The predicted molar refractivity (Wildman–Crippen MR) is 57.0 cm³/mol. The van der Waals surface area contributed by atoms with Crippen LogP contribution in [-0.2, 0) is 4.79 Å². The van der Waals surface area contributed by atoms with Crippen LogP contribution in [0.3, 0.4) is 0 Å². The standard InChI is InChI=1S/C10H12N4O2/c1-5-4-14-8(12-6(5)2)3-7(13-14)9(11)10(15)16/h3-4,9H,11H2,1-2H3,(H,15,16). The fourth-order valence-electron chi connectivity index (χ4n) is 1.40. The molecule has 3 N–H and O–H groups in total. The number of aliphatic carboxylic acids is 1. The van der Waals surface area contributed by atoms with Gasteiger partial charge < -0.3 is 10.8 Å². The highest BCUT2D eigenvalue weighted by Gasteiger charge is 2.18. The van der Waals surface area contributed by atoms with Gasteiger partial charge in [-0.05, 0) is 19.4 Å². The van der Waals surface area contributed by atoms with Crippen molar-refractivity contribution < 1.29 is 9.90 Å². The van der Waals surface area contributed by atoms with E-state index in [1.807, 2.05) is 13.8 Å². The van der Waals surface area contributed by atoms with Crippen LogP contribution < -0.4 is 5.73 Å². The number of aromatic nitrogens is 3. The summed E-state index contributed by atoms with van der Waals surface area (Å²) in [5.74, 6) is -1.10. The lowest BCUT2D eigenvalue weighted by Crippen LogP contribution is -2.21. The normalized spacial score (nSPS) is 12.9. The van der Waals surface area contributed by atoms with Crippen molar-refractivity contribution in [2.45, 2.75) is 19.9 Å². The summed E-state index contributed by atoms with van der Waals surface area (Å²) in [5, 5.41) is 12.9. The van der Waals surface area contributed by atoms with Gasteiger partial charge in [0, 0.05) is 18.0 Å². The second-order valence-electron chi connectivity index (χ2n) is 3.70. The van der Waals surface area contributed by atoms with Gasteiger partial charge in [-0.1, -0.05) is 0 Å². The van der Waals surface area contributed by atoms with Crippen molar-refractivity contribution in [1.29, 1.82) is 0 Å². The average molecular weight is 220 g/mol. The Hall–Kier alpha value is -1.95. The van der Waals surface area contributed by atoms with Crippen LogP contribution in [-0.4, -0.2) is 25.7 Å². The van der Waals surface area contributed by atoms with E-state index in [0.29, 0.717) is 11.3 Å². The lowest BCUT2D eigenvalue weighted by Gasteiger charge is -2.00. The van der Waals surface area contributed by atoms with Crippen molar-refractivity contribution in [2.24, 2.45) is 5.73 Å². The average Bonchev–Trinajstić information content (AvgIpc) is 2.60. The van der Waals surface area contributed by atoms with Crippen LogP contribution in [0.25, 0.3) is 5.65 Å². The predicted octanol–water partition coefficient (Wildman–Crippen LogP) is 0.431. The van der Waals surface area contributed by atoms with Crippen molar-refractivity contribution in [3.63, 3.8) is 0 Å². The molecule has 16 heavy (non-hydrogen) atoms. The molecule has 2 aromatic rings. The van der Waals surface area contributed by atoms with Gasteiger partial charge in [0.15, 0.2) is 5.65 Å². The van der Waals surface area contributed by atoms with Gasteiger partial charge in [0.25, 0.3) is 0 Å². The quantitative estimate of drug-likeness (QED) is 0.765. The van der Waals surface area contributed by atoms with Crippen molar-refractivity contribution in [2.75, 3.05) is 0 Å². The van der Waals surface area contributed by atoms with E-state index in [1.54, 1.807) is 16.8 Å². The van der Waals surface area contributed by atoms with Crippen LogP contribution in [0.15, 0.2) is 12.3 Å². The summed E-state index contributed by atoms with van der Waals surface area (Å²) >= 11 is 0. The first-order valence-electron chi connectivity index (χ1n) is 4.81. The summed E-state index contributed by atoms with van der Waals surface area (Å²) in [6.07, 6.45) is 1.80. The van der Waals surface area contributed by atoms with E-state index in [4.69, 9.17) is 10.8 Å². The number of nitrogens with two attached hydrogens (primary N) is 1. The van der Waals surface area contributed by atoms with Gasteiger partial charge in [0.1, 0.15) is 6.04 Å². The molecular weight excluding hydrogens is 208 g/mol. The molecule has 1 unspecified atom stereocenters. The molecular formula is C10H12N4O2. The third-order valence-corrected chi connectivity index (χ3v) is 2.49. The molecule has 2 heterocycles. The first-order valence-corrected chi connectivity index (χ1v) is 4.81. The lowest BCUT2D eigenvalue weighted by molar-refractivity contribution is -0.138. The Balaban J connectivity index is 2.56. The van der Waals surface area contributed by atoms with E-state index in [-0.39, 0.29) is 0 Å². The smallest absolute Gasteiger partial charge is 0.326 e. The molecule has 6 nitrogen and oxygen atoms in total. The minimum Gasteiger partial charge on any atom is -0.480 e. The molecule has 0 bridgehead atoms. The Morgan fingerprint density at radius 3 is 2.88 bits per heavy atom. The number of fused-ring (bicyclic) bond motifs is 1. The Labute approximate surface area is 91.7 Å². The molecule has 0 amide bonds. The Kier molecular flexibility index (Phi) is 2.35. The first-order chi connectivity index (χ1) is 7.49. The Morgan fingerprint density at radius 2 is 2.25 bits per heavy atom. The molecule has 0 aromatic carbocycles. The summed E-state index contributed by atoms with van der Waals surface area (Å²) in [6.45, 7) is 3.80. The van der Waals surface area contributed by atoms with Crippen molar-refractivity contribution in [1.82, 2.24) is 14.6 Å². The molecule has 0 saturated carbocycles. The lowest BCUT2D eigenvalue weighted by atomic mass is 10.2. The van der Waals surface area contributed by atoms with Crippen LogP contribution >= 0.6 is 0 Å². The van der Waals surface area contributed by atoms with Crippen molar-refractivity contribution >= 4 is 11.6 Å². The SMILES string of the molecule is Cc1cn2nc(C(N)C(=O)O)cc2nc1C. The molecule has 0 saturated heterocycles. The number of carbonyl (C=O) groups is 1. The van der Waals surface area contributed by atoms with E-state index in [9.17, 15) is 4.79 Å². The van der Waals surface area contributed by atoms with E-state index in [2.05, 4.69) is 10.1 Å². The van der Waals surface area contributed by atoms with Gasteiger partial charge in [-0.15, -0.1) is 0 Å². The monoisotopic (exact) mass is 220 g/mol. The highest BCUT2D eigenvalue weighted by Crippen LogP contribution is 2.13. The number of nitrogens with zero attached hydrogens (tertiary/aromatic N) is 3. The molecule has 0 radical (unpaired) electrons. The summed E-state index contributed by atoms with van der Waals surface area (Å²) in [5.41, 5.74) is 8.27. The molecule has 0 aliphatic heterocycles. The number of hydrogen-bond donors (Lipinski definition) is 2. The molecule has 6 heteroatoms. The van der Waals surface area contributed by atoms with Crippen molar-refractivity contribution in [3.05, 3.63) is 29.2 Å². The molecule has 0 aliphatic rings. The summed E-state index contributed by atoms with van der Waals surface area (Å²) in [6, 6.07) is 0.480. The van der Waals surface area contributed by atoms with Gasteiger partial charge in [-0.25, -0.2) is 9.50 Å². The fourth-order valence-corrected chi connectivity index (χ4v) is 1.40. The second kappa shape index (κ2) is 3.57. The van der Waals surface area contributed by atoms with E-state index < -0.39 is 12.0 Å². The first kappa shape index (κ1) is 10.6. The zero-order valence-electron chi connectivity index (χ0n) is 9.01. The molecule has 2 rings (SSSR count). The minimum atomic E-state index is -1.11. The number of carboxylic acid groups (broad SMARTS) is 1. The zero-order chi connectivity index (χ0) is 11.9. The van der Waals surface area contributed by atoms with Gasteiger partial charge in [0.05, 0.1) is 5.69 Å². The minimum absolute atomic E-state index is 0.310. The summed E-state index contributed by atoms with van der Waals surface area (Å²) in [4.78, 5) is 15.0. The number of aryl methyl sites for hydroxylation is 2. The Bertz CT molecular complexity index is 522. The number of hydrogen-bond acceptors (Lipinski definition) is 4. The number of carboxylic acids is 1. The molecule has 0 spiro atoms. The maximum absolute atomic E-state index is 10.7. The van der Waals surface area contributed by atoms with Gasteiger partial charge in [-0.2, -0.15) is 5.10 Å². The van der Waals surface area contributed by atoms with Crippen LogP contribution in [0.1, 0.15) is 23.0 Å². The summed E-state index contributed by atoms with van der Waals surface area (Å²) in [7, 11) is 0. The highest BCUT2D eigenvalue weighted by molar-refractivity contribution is 5.75. The molecule has 84 valence electrons. The third-order valence-electron chi connectivity index (χ3n) is 2.49. The molecule has 0 fully saturated rings. The third kappa shape index (κ3) is 1.63. The van der Waals surface area contributed by atoms with Crippen LogP contribution in [0.5, 0.6) is 0 Å². The van der Waals surface area contributed by atoms with Gasteiger partial charge in [-0.3, -0.25) is 4.79 Å². The van der Waals surface area contributed by atoms with E-state index in [1.165, 1.54) is 0 Å². The maximum atomic E-state index is 10.7. The van der Waals surface area contributed by atoms with Crippen LogP contribution in [0, 0.1) is 13.8 Å². The topological polar surface area (TPSA) is 93.5 Å². The number of rotatable bonds is 2. The molecule has 0 aliphatic carbocycles. The van der Waals surface area contributed by atoms with Gasteiger partial charge in [0.2, 0.25) is 0 Å². The maximum Gasteiger partial charge on any atom is 0.326 e. The van der Waals surface area contributed by atoms with E-state index >= 15 is 0 Å². The van der Waals surface area contributed by atoms with E-state index in [0.717, 1.165) is 11.3 Å².